The molecule has 7 nitrogen and oxygen atoms in total. The summed E-state index contributed by atoms with van der Waals surface area (Å²) in [6.07, 6.45) is 1.58. The summed E-state index contributed by atoms with van der Waals surface area (Å²) in [7, 11) is 1.60. The largest absolute Gasteiger partial charge is 0.497 e. The summed E-state index contributed by atoms with van der Waals surface area (Å²) in [5.41, 5.74) is 1.16. The van der Waals surface area contributed by atoms with Gasteiger partial charge in [-0.3, -0.25) is 9.59 Å². The lowest BCUT2D eigenvalue weighted by Crippen LogP contribution is -2.57. The highest BCUT2D eigenvalue weighted by Crippen LogP contribution is 2.25. The van der Waals surface area contributed by atoms with Crippen LogP contribution in [0.15, 0.2) is 42.6 Å². The molecule has 1 aliphatic heterocycles. The molecule has 0 radical (unpaired) electrons. The fourth-order valence-electron chi connectivity index (χ4n) is 3.13. The molecular formula is C20H23N3O4. The Morgan fingerprint density at radius 3 is 2.63 bits per heavy atom. The first-order valence-electron chi connectivity index (χ1n) is 8.91. The van der Waals surface area contributed by atoms with Gasteiger partial charge in [0.05, 0.1) is 13.7 Å². The van der Waals surface area contributed by atoms with E-state index in [0.29, 0.717) is 31.1 Å². The molecule has 1 saturated heterocycles. The number of carbonyl (C=O) groups excluding carboxylic acids is 2. The highest BCUT2D eigenvalue weighted by atomic mass is 16.5. The average molecular weight is 369 g/mol. The second kappa shape index (κ2) is 8.07. The molecule has 0 aliphatic carbocycles. The summed E-state index contributed by atoms with van der Waals surface area (Å²) < 4.78 is 10.6. The number of anilines is 1. The van der Waals surface area contributed by atoms with Crippen LogP contribution >= 0.6 is 0 Å². The van der Waals surface area contributed by atoms with Crippen LogP contribution in [0.5, 0.6) is 11.6 Å². The van der Waals surface area contributed by atoms with E-state index in [1.165, 1.54) is 0 Å². The standard InChI is InChI=1S/C20H23N3O4/c1-4-27-18-17(6-5-11-21-18)20(25)22-12-13-23(19(24)14(22)2)15-7-9-16(26-3)10-8-15/h5-11,14H,4,12-13H2,1-3H3. The lowest BCUT2D eigenvalue weighted by molar-refractivity contribution is -0.124. The molecule has 142 valence electrons. The minimum absolute atomic E-state index is 0.124. The molecule has 27 heavy (non-hydrogen) atoms. The highest BCUT2D eigenvalue weighted by molar-refractivity contribution is 6.04. The molecule has 0 bridgehead atoms. The Bertz CT molecular complexity index is 822. The number of amides is 2. The van der Waals surface area contributed by atoms with Crippen LogP contribution in [0.2, 0.25) is 0 Å². The maximum absolute atomic E-state index is 13.0. The number of nitrogens with zero attached hydrogens (tertiary/aromatic N) is 3. The van der Waals surface area contributed by atoms with E-state index in [9.17, 15) is 9.59 Å². The number of benzene rings is 1. The quantitative estimate of drug-likeness (QED) is 0.809. The summed E-state index contributed by atoms with van der Waals surface area (Å²) in [5.74, 6) is 0.652. The topological polar surface area (TPSA) is 72.0 Å². The number of ether oxygens (including phenoxy) is 2. The maximum Gasteiger partial charge on any atom is 0.260 e. The third-order valence-corrected chi connectivity index (χ3v) is 4.58. The molecule has 3 rings (SSSR count). The number of methoxy groups -OCH3 is 1. The van der Waals surface area contributed by atoms with Gasteiger partial charge < -0.3 is 19.3 Å². The predicted octanol–water partition coefficient (Wildman–Crippen LogP) is 2.37. The number of hydrogen-bond donors (Lipinski definition) is 0. The first kappa shape index (κ1) is 18.7. The van der Waals surface area contributed by atoms with E-state index >= 15 is 0 Å². The fraction of sp³-hybridized carbons (Fsp3) is 0.350. The van der Waals surface area contributed by atoms with Crippen molar-refractivity contribution in [2.75, 3.05) is 31.7 Å². The smallest absolute Gasteiger partial charge is 0.260 e. The molecule has 7 heteroatoms. The van der Waals surface area contributed by atoms with Crippen LogP contribution in [0.3, 0.4) is 0 Å². The SMILES string of the molecule is CCOc1ncccc1C(=O)N1CCN(c2ccc(OC)cc2)C(=O)C1C. The van der Waals surface area contributed by atoms with Crippen molar-refractivity contribution in [1.29, 1.82) is 0 Å². The van der Waals surface area contributed by atoms with Crippen molar-refractivity contribution in [2.24, 2.45) is 0 Å². The van der Waals surface area contributed by atoms with Crippen LogP contribution < -0.4 is 14.4 Å². The zero-order valence-corrected chi connectivity index (χ0v) is 15.7. The van der Waals surface area contributed by atoms with Gasteiger partial charge >= 0.3 is 0 Å². The zero-order chi connectivity index (χ0) is 19.4. The summed E-state index contributed by atoms with van der Waals surface area (Å²) in [6.45, 7) is 4.84. The number of pyridine rings is 1. The van der Waals surface area contributed by atoms with E-state index in [2.05, 4.69) is 4.98 Å². The molecule has 2 aromatic rings. The molecular weight excluding hydrogens is 346 g/mol. The number of rotatable bonds is 5. The van der Waals surface area contributed by atoms with Crippen molar-refractivity contribution >= 4 is 17.5 Å². The van der Waals surface area contributed by atoms with Gasteiger partial charge in [0.25, 0.3) is 5.91 Å². The Morgan fingerprint density at radius 2 is 1.96 bits per heavy atom. The van der Waals surface area contributed by atoms with Crippen LogP contribution in [-0.4, -0.2) is 54.5 Å². The molecule has 1 unspecified atom stereocenters. The van der Waals surface area contributed by atoms with Crippen molar-refractivity contribution in [3.63, 3.8) is 0 Å². The van der Waals surface area contributed by atoms with E-state index in [1.807, 2.05) is 31.2 Å². The minimum atomic E-state index is -0.581. The molecule has 2 amide bonds. The average Bonchev–Trinajstić information content (AvgIpc) is 2.70. The molecule has 1 aliphatic rings. The second-order valence-corrected chi connectivity index (χ2v) is 6.15. The summed E-state index contributed by atoms with van der Waals surface area (Å²) >= 11 is 0. The van der Waals surface area contributed by atoms with Crippen molar-refractivity contribution in [3.8, 4) is 11.6 Å². The van der Waals surface area contributed by atoms with Gasteiger partial charge in [0.15, 0.2) is 0 Å². The van der Waals surface area contributed by atoms with E-state index < -0.39 is 6.04 Å². The van der Waals surface area contributed by atoms with Crippen molar-refractivity contribution in [1.82, 2.24) is 9.88 Å². The Hall–Kier alpha value is -3.09. The predicted molar refractivity (Wildman–Crippen MR) is 101 cm³/mol. The van der Waals surface area contributed by atoms with Gasteiger partial charge in [-0.2, -0.15) is 0 Å². The first-order valence-corrected chi connectivity index (χ1v) is 8.91. The summed E-state index contributed by atoms with van der Waals surface area (Å²) in [4.78, 5) is 33.3. The summed E-state index contributed by atoms with van der Waals surface area (Å²) in [6, 6.07) is 10.1. The van der Waals surface area contributed by atoms with Crippen LogP contribution in [0.1, 0.15) is 24.2 Å². The molecule has 2 heterocycles. The Kier molecular flexibility index (Phi) is 5.59. The van der Waals surface area contributed by atoms with Gasteiger partial charge in [-0.25, -0.2) is 4.98 Å². The summed E-state index contributed by atoms with van der Waals surface area (Å²) in [5, 5.41) is 0. The lowest BCUT2D eigenvalue weighted by atomic mass is 10.1. The number of carbonyl (C=O) groups is 2. The van der Waals surface area contributed by atoms with Gasteiger partial charge in [-0.05, 0) is 50.2 Å². The molecule has 1 fully saturated rings. The monoisotopic (exact) mass is 369 g/mol. The molecule has 0 spiro atoms. The first-order chi connectivity index (χ1) is 13.1. The third kappa shape index (κ3) is 3.72. The zero-order valence-electron chi connectivity index (χ0n) is 15.7. The minimum Gasteiger partial charge on any atom is -0.497 e. The molecule has 1 atom stereocenters. The normalized spacial score (nSPS) is 17.0. The Balaban J connectivity index is 1.79. The maximum atomic E-state index is 13.0. The van der Waals surface area contributed by atoms with Gasteiger partial charge in [-0.1, -0.05) is 0 Å². The van der Waals surface area contributed by atoms with E-state index in [1.54, 1.807) is 42.2 Å². The Labute approximate surface area is 158 Å². The van der Waals surface area contributed by atoms with Gasteiger partial charge in [-0.15, -0.1) is 0 Å². The lowest BCUT2D eigenvalue weighted by Gasteiger charge is -2.39. The van der Waals surface area contributed by atoms with Crippen molar-refractivity contribution < 1.29 is 19.1 Å². The highest BCUT2D eigenvalue weighted by Gasteiger charge is 2.36. The van der Waals surface area contributed by atoms with Gasteiger partial charge in [0.2, 0.25) is 11.8 Å². The Morgan fingerprint density at radius 1 is 1.22 bits per heavy atom. The molecule has 0 N–H and O–H groups in total. The number of piperazine rings is 1. The van der Waals surface area contributed by atoms with E-state index in [0.717, 1.165) is 11.4 Å². The van der Waals surface area contributed by atoms with Crippen LogP contribution in [0.25, 0.3) is 0 Å². The molecule has 1 aromatic heterocycles. The van der Waals surface area contributed by atoms with Crippen LogP contribution in [0.4, 0.5) is 5.69 Å². The van der Waals surface area contributed by atoms with E-state index in [4.69, 9.17) is 9.47 Å². The van der Waals surface area contributed by atoms with Crippen LogP contribution in [-0.2, 0) is 4.79 Å². The van der Waals surface area contributed by atoms with Gasteiger partial charge in [0, 0.05) is 25.0 Å². The second-order valence-electron chi connectivity index (χ2n) is 6.15. The van der Waals surface area contributed by atoms with Crippen molar-refractivity contribution in [3.05, 3.63) is 48.2 Å². The molecule has 0 saturated carbocycles. The van der Waals surface area contributed by atoms with E-state index in [-0.39, 0.29) is 11.8 Å². The van der Waals surface area contributed by atoms with Crippen LogP contribution in [0, 0.1) is 0 Å². The van der Waals surface area contributed by atoms with Crippen molar-refractivity contribution in [2.45, 2.75) is 19.9 Å². The molecule has 1 aromatic carbocycles. The number of hydrogen-bond acceptors (Lipinski definition) is 5. The van der Waals surface area contributed by atoms with Gasteiger partial charge in [0.1, 0.15) is 17.4 Å². The number of aromatic nitrogens is 1. The third-order valence-electron chi connectivity index (χ3n) is 4.58. The fourth-order valence-corrected chi connectivity index (χ4v) is 3.13.